The van der Waals surface area contributed by atoms with E-state index in [1.165, 1.54) is 18.1 Å². The molecule has 0 spiro atoms. The zero-order valence-corrected chi connectivity index (χ0v) is 20.3. The van der Waals surface area contributed by atoms with Crippen LogP contribution in [0.2, 0.25) is 0 Å². The monoisotopic (exact) mass is 516 g/mol. The van der Waals surface area contributed by atoms with E-state index in [2.05, 4.69) is 20.0 Å². The Labute approximate surface area is 207 Å². The van der Waals surface area contributed by atoms with Gasteiger partial charge in [-0.25, -0.2) is 19.7 Å². The first-order chi connectivity index (χ1) is 17.0. The number of aromatic nitrogens is 4. The Kier molecular flexibility index (Phi) is 6.88. The molecule has 0 fully saturated rings. The second-order valence-corrected chi connectivity index (χ2v) is 9.34. The van der Waals surface area contributed by atoms with Gasteiger partial charge in [0.05, 0.1) is 0 Å². The van der Waals surface area contributed by atoms with Crippen LogP contribution < -0.4 is 25.2 Å². The van der Waals surface area contributed by atoms with Crippen LogP contribution in [0.3, 0.4) is 0 Å². The largest absolute Gasteiger partial charge is 0.760 e. The number of nitrogens with one attached hydrogen (secondary N) is 2. The first-order valence-corrected chi connectivity index (χ1v) is 12.6. The topological polar surface area (TPSA) is 165 Å². The number of aryl methyl sites for hydroxylation is 1. The molecule has 1 aromatic carbocycles. The molecular weight excluding hydrogens is 494 g/mol. The minimum absolute atomic E-state index is 0.158. The van der Waals surface area contributed by atoms with E-state index in [9.17, 15) is 8.76 Å². The summed E-state index contributed by atoms with van der Waals surface area (Å²) in [5, 5.41) is 3.87. The van der Waals surface area contributed by atoms with E-state index in [0.29, 0.717) is 65.6 Å². The van der Waals surface area contributed by atoms with Crippen LogP contribution in [0.25, 0.3) is 22.5 Å². The molecule has 4 heterocycles. The van der Waals surface area contributed by atoms with Crippen molar-refractivity contribution in [2.24, 2.45) is 0 Å². The molecule has 12 nitrogen and oxygen atoms in total. The maximum Gasteiger partial charge on any atom is 0.231 e. The minimum atomic E-state index is -2.28. The number of hydrogen-bond acceptors (Lipinski definition) is 11. The second-order valence-electron chi connectivity index (χ2n) is 7.57. The van der Waals surface area contributed by atoms with Gasteiger partial charge in [0.25, 0.3) is 0 Å². The molecule has 0 saturated carbocycles. The lowest BCUT2D eigenvalue weighted by atomic mass is 10.1. The van der Waals surface area contributed by atoms with Crippen LogP contribution in [0.5, 0.6) is 11.5 Å². The Hall–Kier alpha value is -3.17. The molecule has 184 valence electrons. The molecule has 0 bridgehead atoms. The number of rotatable bonds is 10. The van der Waals surface area contributed by atoms with Crippen molar-refractivity contribution in [1.82, 2.24) is 29.6 Å². The molecule has 4 aromatic rings. The van der Waals surface area contributed by atoms with Crippen molar-refractivity contribution in [3.8, 4) is 22.8 Å². The first-order valence-electron chi connectivity index (χ1n) is 10.7. The molecule has 35 heavy (non-hydrogen) atoms. The standard InChI is InChI=1S/C21H23N7O5S2/c1-12-2-3-14(33-12)13-8-15-16(32-11-31-15)9-17(13)34-21-27-18-19(22)24-10-25-20(18)28(21)7-6-23-4-5-26-35(29)30/h2-3,8-10,23,26H,4-7,11H2,1H3,(H,29,30)(H2,22,24,25)/p-1. The third-order valence-electron chi connectivity index (χ3n) is 5.24. The van der Waals surface area contributed by atoms with Crippen molar-refractivity contribution >= 4 is 40.0 Å². The zero-order valence-electron chi connectivity index (χ0n) is 18.6. The summed E-state index contributed by atoms with van der Waals surface area (Å²) < 4.78 is 42.6. The van der Waals surface area contributed by atoms with Gasteiger partial charge in [-0.15, -0.1) is 0 Å². The Bertz CT molecular complexity index is 1390. The molecule has 5 rings (SSSR count). The average Bonchev–Trinajstić information content (AvgIpc) is 3.55. The van der Waals surface area contributed by atoms with Gasteiger partial charge >= 0.3 is 0 Å². The van der Waals surface area contributed by atoms with E-state index in [1.807, 2.05) is 35.8 Å². The highest BCUT2D eigenvalue weighted by molar-refractivity contribution is 7.99. The van der Waals surface area contributed by atoms with Gasteiger partial charge in [0, 0.05) is 47.9 Å². The van der Waals surface area contributed by atoms with Crippen molar-refractivity contribution in [3.05, 3.63) is 36.4 Å². The summed E-state index contributed by atoms with van der Waals surface area (Å²) in [6, 6.07) is 7.63. The van der Waals surface area contributed by atoms with Crippen molar-refractivity contribution in [2.75, 3.05) is 32.2 Å². The molecule has 0 radical (unpaired) electrons. The Morgan fingerprint density at radius 3 is 2.80 bits per heavy atom. The third kappa shape index (κ3) is 5.11. The second kappa shape index (κ2) is 10.2. The highest BCUT2D eigenvalue weighted by Crippen LogP contribution is 2.45. The number of nitrogen functional groups attached to an aromatic ring is 1. The summed E-state index contributed by atoms with van der Waals surface area (Å²) in [5.74, 6) is 3.09. The van der Waals surface area contributed by atoms with E-state index in [1.54, 1.807) is 0 Å². The van der Waals surface area contributed by atoms with Gasteiger partial charge in [-0.3, -0.25) is 4.21 Å². The fourth-order valence-corrected chi connectivity index (χ4v) is 4.96. The molecular formula is C21H22N7O5S2-. The lowest BCUT2D eigenvalue weighted by Gasteiger charge is -2.12. The molecule has 0 amide bonds. The Morgan fingerprint density at radius 1 is 1.20 bits per heavy atom. The molecule has 14 heteroatoms. The normalized spacial score (nSPS) is 13.5. The fourth-order valence-electron chi connectivity index (χ4n) is 3.63. The number of ether oxygens (including phenoxy) is 2. The van der Waals surface area contributed by atoms with Crippen molar-refractivity contribution in [2.45, 2.75) is 23.5 Å². The van der Waals surface area contributed by atoms with E-state index >= 15 is 0 Å². The van der Waals surface area contributed by atoms with E-state index in [-0.39, 0.29) is 6.79 Å². The lowest BCUT2D eigenvalue weighted by Crippen LogP contribution is -2.30. The summed E-state index contributed by atoms with van der Waals surface area (Å²) in [7, 11) is 0. The maximum atomic E-state index is 10.6. The fraction of sp³-hybridized carbons (Fsp3) is 0.286. The lowest BCUT2D eigenvalue weighted by molar-refractivity contribution is 0.174. The van der Waals surface area contributed by atoms with Crippen LogP contribution in [0, 0.1) is 6.92 Å². The third-order valence-corrected chi connectivity index (χ3v) is 6.73. The summed E-state index contributed by atoms with van der Waals surface area (Å²) in [6.45, 7) is 3.90. The Balaban J connectivity index is 1.47. The number of benzene rings is 1. The van der Waals surface area contributed by atoms with E-state index in [0.717, 1.165) is 16.2 Å². The summed E-state index contributed by atoms with van der Waals surface area (Å²) in [6.07, 6.45) is 1.41. The molecule has 1 unspecified atom stereocenters. The van der Waals surface area contributed by atoms with Gasteiger partial charge < -0.3 is 34.1 Å². The predicted molar refractivity (Wildman–Crippen MR) is 129 cm³/mol. The number of nitrogens with zero attached hydrogens (tertiary/aromatic N) is 4. The number of anilines is 1. The van der Waals surface area contributed by atoms with Gasteiger partial charge in [0.15, 0.2) is 33.6 Å². The van der Waals surface area contributed by atoms with Crippen LogP contribution in [0.4, 0.5) is 5.82 Å². The van der Waals surface area contributed by atoms with Crippen LogP contribution in [-0.4, -0.2) is 54.7 Å². The highest BCUT2D eigenvalue weighted by atomic mass is 32.2. The van der Waals surface area contributed by atoms with E-state index in [4.69, 9.17) is 24.6 Å². The minimum Gasteiger partial charge on any atom is -0.760 e. The highest BCUT2D eigenvalue weighted by Gasteiger charge is 2.23. The molecule has 0 aliphatic carbocycles. The first kappa shape index (κ1) is 23.6. The molecule has 1 atom stereocenters. The van der Waals surface area contributed by atoms with Crippen LogP contribution >= 0.6 is 11.8 Å². The molecule has 3 aromatic heterocycles. The summed E-state index contributed by atoms with van der Waals surface area (Å²) in [4.78, 5) is 14.1. The Morgan fingerprint density at radius 2 is 2.03 bits per heavy atom. The number of imidazole rings is 1. The predicted octanol–water partition coefficient (Wildman–Crippen LogP) is 1.83. The van der Waals surface area contributed by atoms with Gasteiger partial charge in [0.2, 0.25) is 6.79 Å². The van der Waals surface area contributed by atoms with Gasteiger partial charge in [-0.1, -0.05) is 11.8 Å². The average molecular weight is 517 g/mol. The van der Waals surface area contributed by atoms with Gasteiger partial charge in [0.1, 0.15) is 17.8 Å². The van der Waals surface area contributed by atoms with Gasteiger partial charge in [-0.05, 0) is 31.2 Å². The summed E-state index contributed by atoms with van der Waals surface area (Å²) >= 11 is -0.852. The summed E-state index contributed by atoms with van der Waals surface area (Å²) in [5.41, 5.74) is 8.05. The number of fused-ring (bicyclic) bond motifs is 2. The molecule has 1 aliphatic rings. The molecule has 0 saturated heterocycles. The van der Waals surface area contributed by atoms with Crippen molar-refractivity contribution < 1.29 is 22.7 Å². The van der Waals surface area contributed by atoms with E-state index < -0.39 is 11.3 Å². The zero-order chi connectivity index (χ0) is 24.4. The van der Waals surface area contributed by atoms with Crippen LogP contribution in [0.15, 0.2) is 45.1 Å². The van der Waals surface area contributed by atoms with Crippen LogP contribution in [-0.2, 0) is 17.8 Å². The SMILES string of the molecule is Cc1ccc(-c2cc3c(cc2Sc2nc4c(N)ncnc4n2CCNCCNS(=O)[O-])OCO3)o1. The number of nitrogens with two attached hydrogens (primary N) is 1. The molecule has 4 N–H and O–H groups in total. The quantitative estimate of drug-likeness (QED) is 0.208. The number of hydrogen-bond donors (Lipinski definition) is 3. The van der Waals surface area contributed by atoms with Crippen molar-refractivity contribution in [1.29, 1.82) is 0 Å². The van der Waals surface area contributed by atoms with Crippen molar-refractivity contribution in [3.63, 3.8) is 0 Å². The molecule has 1 aliphatic heterocycles. The smallest absolute Gasteiger partial charge is 0.231 e. The van der Waals surface area contributed by atoms with Gasteiger partial charge in [-0.2, -0.15) is 0 Å². The maximum absolute atomic E-state index is 10.6. The number of furan rings is 1. The van der Waals surface area contributed by atoms with Crippen LogP contribution in [0.1, 0.15) is 5.76 Å².